The van der Waals surface area contributed by atoms with Crippen LogP contribution >= 0.6 is 0 Å². The van der Waals surface area contributed by atoms with Gasteiger partial charge in [0, 0.05) is 6.42 Å². The molecule has 6 nitrogen and oxygen atoms in total. The molecular weight excluding hydrogens is 715 g/mol. The second-order valence-electron chi connectivity index (χ2n) is 16.0. The number of carbonyl (C=O) groups excluding carboxylic acids is 1. The van der Waals surface area contributed by atoms with E-state index in [1.54, 1.807) is 0 Å². The molecule has 0 bridgehead atoms. The van der Waals surface area contributed by atoms with E-state index in [0.717, 1.165) is 89.9 Å². The topological polar surface area (TPSA) is 104 Å². The van der Waals surface area contributed by atoms with Gasteiger partial charge in [0.1, 0.15) is 0 Å². The molecule has 326 valence electrons. The van der Waals surface area contributed by atoms with Crippen molar-refractivity contribution in [3.8, 4) is 0 Å². The molecule has 1 amide bonds. The summed E-state index contributed by atoms with van der Waals surface area (Å²) in [5, 5.41) is 13.4. The van der Waals surface area contributed by atoms with Gasteiger partial charge in [-0.3, -0.25) is 9.35 Å². The number of nitrogens with one attached hydrogen (secondary N) is 1. The highest BCUT2D eigenvalue weighted by atomic mass is 32.2. The van der Waals surface area contributed by atoms with Gasteiger partial charge in [0.15, 0.2) is 0 Å². The van der Waals surface area contributed by atoms with Crippen LogP contribution in [0.25, 0.3) is 0 Å². The minimum Gasteiger partial charge on any atom is -0.391 e. The van der Waals surface area contributed by atoms with Crippen molar-refractivity contribution in [2.45, 2.75) is 238 Å². The summed E-state index contributed by atoms with van der Waals surface area (Å²) in [4.78, 5) is 12.6. The largest absolute Gasteiger partial charge is 0.391 e. The molecule has 0 aliphatic heterocycles. The van der Waals surface area contributed by atoms with E-state index >= 15 is 0 Å². The standard InChI is InChI=1S/C49H89NO5S/c1-3-5-7-9-11-13-15-17-19-21-23-25-27-29-31-33-35-37-39-41-43-45-49(52)50-47(46-56(53,54)55)48(51)44-42-40-38-36-34-32-30-28-26-24-22-20-18-16-14-12-10-8-6-4-2/h5,7,11,13,17,19,23,25,29,31,47-48,51H,3-4,6,8-10,12,14-16,18,20-22,24,26-28,30,32-46H2,1-2H3,(H,50,52)(H,53,54,55)/b7-5-,13-11-,19-17-,25-23-,31-29-. The Balaban J connectivity index is 3.86. The summed E-state index contributed by atoms with van der Waals surface area (Å²) in [6, 6.07) is -0.985. The summed E-state index contributed by atoms with van der Waals surface area (Å²) < 4.78 is 32.7. The Morgan fingerprint density at radius 1 is 0.500 bits per heavy atom. The van der Waals surface area contributed by atoms with Crippen molar-refractivity contribution in [1.82, 2.24) is 5.32 Å². The number of unbranched alkanes of at least 4 members (excludes halogenated alkanes) is 24. The average molecular weight is 804 g/mol. The predicted molar refractivity (Wildman–Crippen MR) is 244 cm³/mol. The Bertz CT molecular complexity index is 1110. The van der Waals surface area contributed by atoms with E-state index in [2.05, 4.69) is 79.9 Å². The molecule has 0 rings (SSSR count). The second-order valence-corrected chi connectivity index (χ2v) is 17.5. The molecule has 0 heterocycles. The Morgan fingerprint density at radius 2 is 0.857 bits per heavy atom. The molecule has 0 aliphatic carbocycles. The first-order valence-electron chi connectivity index (χ1n) is 23.5. The Labute approximate surface area is 347 Å². The monoisotopic (exact) mass is 804 g/mol. The van der Waals surface area contributed by atoms with Crippen molar-refractivity contribution in [3.05, 3.63) is 60.8 Å². The zero-order valence-corrected chi connectivity index (χ0v) is 37.3. The van der Waals surface area contributed by atoms with Gasteiger partial charge in [0.05, 0.1) is 17.9 Å². The van der Waals surface area contributed by atoms with Crippen LogP contribution in [0.2, 0.25) is 0 Å². The average Bonchev–Trinajstić information content (AvgIpc) is 3.16. The van der Waals surface area contributed by atoms with E-state index in [9.17, 15) is 22.9 Å². The van der Waals surface area contributed by atoms with Crippen molar-refractivity contribution in [1.29, 1.82) is 0 Å². The molecule has 3 N–H and O–H groups in total. The first-order chi connectivity index (χ1) is 27.3. The lowest BCUT2D eigenvalue weighted by molar-refractivity contribution is -0.122. The minimum atomic E-state index is -4.32. The van der Waals surface area contributed by atoms with Crippen LogP contribution in [-0.4, -0.2) is 41.9 Å². The van der Waals surface area contributed by atoms with Gasteiger partial charge in [-0.2, -0.15) is 8.42 Å². The van der Waals surface area contributed by atoms with Crippen LogP contribution in [0.15, 0.2) is 60.8 Å². The lowest BCUT2D eigenvalue weighted by Gasteiger charge is -2.23. The highest BCUT2D eigenvalue weighted by Gasteiger charge is 2.26. The highest BCUT2D eigenvalue weighted by Crippen LogP contribution is 2.16. The van der Waals surface area contributed by atoms with Crippen LogP contribution in [0.3, 0.4) is 0 Å². The van der Waals surface area contributed by atoms with Crippen LogP contribution in [0.4, 0.5) is 0 Å². The van der Waals surface area contributed by atoms with Crippen molar-refractivity contribution >= 4 is 16.0 Å². The number of hydrogen-bond donors (Lipinski definition) is 3. The molecule has 56 heavy (non-hydrogen) atoms. The van der Waals surface area contributed by atoms with Crippen LogP contribution in [0.5, 0.6) is 0 Å². The summed E-state index contributed by atoms with van der Waals surface area (Å²) in [7, 11) is -4.32. The smallest absolute Gasteiger partial charge is 0.266 e. The van der Waals surface area contributed by atoms with Crippen molar-refractivity contribution in [3.63, 3.8) is 0 Å². The van der Waals surface area contributed by atoms with Gasteiger partial charge >= 0.3 is 0 Å². The number of rotatable bonds is 42. The maximum Gasteiger partial charge on any atom is 0.266 e. The van der Waals surface area contributed by atoms with E-state index in [0.29, 0.717) is 12.8 Å². The fourth-order valence-corrected chi connectivity index (χ4v) is 7.77. The van der Waals surface area contributed by atoms with E-state index in [1.165, 1.54) is 109 Å². The van der Waals surface area contributed by atoms with Gasteiger partial charge in [0.2, 0.25) is 5.91 Å². The molecular formula is C49H89NO5S. The number of hydrogen-bond acceptors (Lipinski definition) is 4. The Morgan fingerprint density at radius 3 is 1.27 bits per heavy atom. The van der Waals surface area contributed by atoms with Gasteiger partial charge in [-0.1, -0.05) is 222 Å². The zero-order chi connectivity index (χ0) is 41.1. The minimum absolute atomic E-state index is 0.264. The lowest BCUT2D eigenvalue weighted by Crippen LogP contribution is -2.47. The third-order valence-corrected chi connectivity index (χ3v) is 11.3. The normalized spacial score (nSPS) is 13.7. The number of amides is 1. The van der Waals surface area contributed by atoms with Crippen LogP contribution < -0.4 is 5.32 Å². The first-order valence-corrected chi connectivity index (χ1v) is 25.1. The Kier molecular flexibility index (Phi) is 41.1. The van der Waals surface area contributed by atoms with Crippen molar-refractivity contribution in [2.75, 3.05) is 5.75 Å². The summed E-state index contributed by atoms with van der Waals surface area (Å²) in [6.07, 6.45) is 58.9. The van der Waals surface area contributed by atoms with Crippen LogP contribution in [0, 0.1) is 0 Å². The Hall–Kier alpha value is -1.96. The molecule has 0 fully saturated rings. The van der Waals surface area contributed by atoms with Crippen LogP contribution in [0.1, 0.15) is 226 Å². The quantitative estimate of drug-likeness (QED) is 0.0324. The molecule has 2 unspecified atom stereocenters. The molecule has 0 spiro atoms. The third kappa shape index (κ3) is 43.2. The number of aliphatic hydroxyl groups excluding tert-OH is 1. The van der Waals surface area contributed by atoms with Crippen molar-refractivity contribution in [2.24, 2.45) is 0 Å². The molecule has 0 aliphatic rings. The SMILES string of the molecule is CC/C=C\C/C=C\C/C=C\C/C=C\C/C=C\CCCCCCCC(=O)NC(CS(=O)(=O)O)C(O)CCCCCCCCCCCCCCCCCCCCCC. The second kappa shape index (κ2) is 42.6. The van der Waals surface area contributed by atoms with Gasteiger partial charge in [-0.05, 0) is 57.8 Å². The number of carbonyl (C=O) groups is 1. The fraction of sp³-hybridized carbons (Fsp3) is 0.776. The fourth-order valence-electron chi connectivity index (χ4n) is 7.01. The highest BCUT2D eigenvalue weighted by molar-refractivity contribution is 7.85. The summed E-state index contributed by atoms with van der Waals surface area (Å²) in [5.41, 5.74) is 0. The van der Waals surface area contributed by atoms with Gasteiger partial charge in [-0.15, -0.1) is 0 Å². The maximum atomic E-state index is 12.6. The molecule has 0 aromatic heterocycles. The summed E-state index contributed by atoms with van der Waals surface area (Å²) >= 11 is 0. The molecule has 0 radical (unpaired) electrons. The van der Waals surface area contributed by atoms with E-state index < -0.39 is 28.0 Å². The lowest BCUT2D eigenvalue weighted by atomic mass is 10.0. The molecule has 2 atom stereocenters. The summed E-state index contributed by atoms with van der Waals surface area (Å²) in [5.74, 6) is -0.922. The predicted octanol–water partition coefficient (Wildman–Crippen LogP) is 14.4. The number of aliphatic hydroxyl groups is 1. The van der Waals surface area contributed by atoms with Gasteiger partial charge in [0.25, 0.3) is 10.1 Å². The van der Waals surface area contributed by atoms with Gasteiger partial charge < -0.3 is 10.4 Å². The summed E-state index contributed by atoms with van der Waals surface area (Å²) in [6.45, 7) is 4.43. The van der Waals surface area contributed by atoms with E-state index in [-0.39, 0.29) is 5.91 Å². The van der Waals surface area contributed by atoms with E-state index in [4.69, 9.17) is 0 Å². The molecule has 7 heteroatoms. The molecule has 0 saturated heterocycles. The zero-order valence-electron chi connectivity index (χ0n) is 36.5. The van der Waals surface area contributed by atoms with E-state index in [1.807, 2.05) is 0 Å². The maximum absolute atomic E-state index is 12.6. The van der Waals surface area contributed by atoms with Crippen molar-refractivity contribution < 1.29 is 22.9 Å². The molecule has 0 saturated carbocycles. The van der Waals surface area contributed by atoms with Crippen LogP contribution in [-0.2, 0) is 14.9 Å². The number of allylic oxidation sites excluding steroid dienone is 10. The molecule has 0 aromatic carbocycles. The molecule has 0 aromatic rings. The van der Waals surface area contributed by atoms with Gasteiger partial charge in [-0.25, -0.2) is 0 Å². The third-order valence-electron chi connectivity index (χ3n) is 10.5. The first kappa shape index (κ1) is 54.0.